The van der Waals surface area contributed by atoms with Crippen molar-refractivity contribution in [2.45, 2.75) is 32.6 Å². The van der Waals surface area contributed by atoms with Gasteiger partial charge in [0.05, 0.1) is 5.69 Å². The molecule has 0 aliphatic carbocycles. The average molecular weight is 391 g/mol. The van der Waals surface area contributed by atoms with Crippen LogP contribution in [0.2, 0.25) is 0 Å². The minimum atomic E-state index is 0.352. The van der Waals surface area contributed by atoms with Gasteiger partial charge in [-0.3, -0.25) is 4.99 Å². The fraction of sp³-hybridized carbons (Fsp3) is 0.333. The van der Waals surface area contributed by atoms with Crippen LogP contribution in [0.4, 0.5) is 0 Å². The Morgan fingerprint density at radius 3 is 2.03 bits per heavy atom. The number of rotatable bonds is 8. The van der Waals surface area contributed by atoms with E-state index in [0.29, 0.717) is 5.92 Å². The van der Waals surface area contributed by atoms with Gasteiger partial charge in [0.2, 0.25) is 0 Å². The van der Waals surface area contributed by atoms with Gasteiger partial charge in [-0.05, 0) is 37.8 Å². The largest absolute Gasteiger partial charge is 0.361 e. The zero-order valence-electron chi connectivity index (χ0n) is 17.5. The van der Waals surface area contributed by atoms with E-state index < -0.39 is 0 Å². The molecule has 29 heavy (non-hydrogen) atoms. The van der Waals surface area contributed by atoms with Crippen LogP contribution in [0, 0.1) is 13.8 Å². The second kappa shape index (κ2) is 10.5. The molecule has 0 spiro atoms. The zero-order valence-corrected chi connectivity index (χ0v) is 17.5. The number of benzene rings is 2. The highest BCUT2D eigenvalue weighted by Crippen LogP contribution is 2.27. The molecule has 1 aromatic heterocycles. The van der Waals surface area contributed by atoms with Gasteiger partial charge in [-0.2, -0.15) is 0 Å². The molecule has 0 atom stereocenters. The summed E-state index contributed by atoms with van der Waals surface area (Å²) in [6.07, 6.45) is 1.84. The summed E-state index contributed by atoms with van der Waals surface area (Å²) in [5, 5.41) is 10.8. The predicted octanol–water partition coefficient (Wildman–Crippen LogP) is 4.22. The molecule has 2 aromatic carbocycles. The third kappa shape index (κ3) is 5.70. The molecular formula is C24H30N4O. The maximum absolute atomic E-state index is 5.23. The molecule has 0 amide bonds. The van der Waals surface area contributed by atoms with E-state index in [9.17, 15) is 0 Å². The second-order valence-electron chi connectivity index (χ2n) is 7.14. The van der Waals surface area contributed by atoms with Crippen molar-refractivity contribution in [3.8, 4) is 0 Å². The molecule has 2 N–H and O–H groups in total. The molecule has 152 valence electrons. The molecule has 3 aromatic rings. The van der Waals surface area contributed by atoms with Crippen LogP contribution in [0.1, 0.15) is 40.5 Å². The van der Waals surface area contributed by atoms with Gasteiger partial charge < -0.3 is 15.2 Å². The highest BCUT2D eigenvalue weighted by Gasteiger charge is 2.14. The van der Waals surface area contributed by atoms with Crippen molar-refractivity contribution in [1.29, 1.82) is 0 Å². The van der Waals surface area contributed by atoms with Crippen LogP contribution in [-0.4, -0.2) is 31.3 Å². The number of aromatic nitrogens is 1. The van der Waals surface area contributed by atoms with E-state index in [-0.39, 0.29) is 0 Å². The second-order valence-corrected chi connectivity index (χ2v) is 7.14. The standard InChI is InChI=1S/C24H30N4O/c1-18-22(19(2)29-28-18)14-16-26-24(25-3)27-17-15-23(20-10-6-4-7-11-20)21-12-8-5-9-13-21/h4-13,23H,14-17H2,1-3H3,(H2,25,26,27). The van der Waals surface area contributed by atoms with Crippen molar-refractivity contribution in [1.82, 2.24) is 15.8 Å². The molecule has 0 unspecified atom stereocenters. The molecule has 0 aliphatic heterocycles. The first-order valence-electron chi connectivity index (χ1n) is 10.1. The van der Waals surface area contributed by atoms with E-state index in [1.54, 1.807) is 7.05 Å². The molecule has 5 heteroatoms. The van der Waals surface area contributed by atoms with Crippen LogP contribution in [0.15, 0.2) is 70.2 Å². The molecule has 5 nitrogen and oxygen atoms in total. The smallest absolute Gasteiger partial charge is 0.190 e. The Morgan fingerprint density at radius 2 is 1.52 bits per heavy atom. The number of nitrogens with zero attached hydrogens (tertiary/aromatic N) is 2. The predicted molar refractivity (Wildman–Crippen MR) is 118 cm³/mol. The molecule has 1 heterocycles. The van der Waals surface area contributed by atoms with Gasteiger partial charge in [0.15, 0.2) is 5.96 Å². The average Bonchev–Trinajstić information content (AvgIpc) is 3.08. The number of nitrogens with one attached hydrogen (secondary N) is 2. The summed E-state index contributed by atoms with van der Waals surface area (Å²) in [6.45, 7) is 5.55. The van der Waals surface area contributed by atoms with Crippen LogP contribution >= 0.6 is 0 Å². The van der Waals surface area contributed by atoms with Crippen molar-refractivity contribution in [3.63, 3.8) is 0 Å². The lowest BCUT2D eigenvalue weighted by molar-refractivity contribution is 0.392. The minimum absolute atomic E-state index is 0.352. The normalized spacial score (nSPS) is 11.7. The van der Waals surface area contributed by atoms with Crippen molar-refractivity contribution < 1.29 is 4.52 Å². The maximum Gasteiger partial charge on any atom is 0.190 e. The van der Waals surface area contributed by atoms with Crippen molar-refractivity contribution >= 4 is 5.96 Å². The van der Waals surface area contributed by atoms with Crippen molar-refractivity contribution in [3.05, 3.63) is 88.8 Å². The lowest BCUT2D eigenvalue weighted by Gasteiger charge is -2.19. The molecule has 0 radical (unpaired) electrons. The van der Waals surface area contributed by atoms with E-state index in [1.165, 1.54) is 16.7 Å². The van der Waals surface area contributed by atoms with Gasteiger partial charge in [0.1, 0.15) is 5.76 Å². The Morgan fingerprint density at radius 1 is 0.931 bits per heavy atom. The van der Waals surface area contributed by atoms with Crippen LogP contribution in [0.5, 0.6) is 0 Å². The van der Waals surface area contributed by atoms with E-state index in [2.05, 4.69) is 81.4 Å². The van der Waals surface area contributed by atoms with E-state index in [1.807, 2.05) is 13.8 Å². The first-order valence-corrected chi connectivity index (χ1v) is 10.1. The molecule has 0 bridgehead atoms. The molecule has 0 fully saturated rings. The number of aryl methyl sites for hydroxylation is 2. The molecular weight excluding hydrogens is 360 g/mol. The van der Waals surface area contributed by atoms with E-state index in [4.69, 9.17) is 4.52 Å². The number of hydrogen-bond donors (Lipinski definition) is 2. The quantitative estimate of drug-likeness (QED) is 0.446. The Labute approximate surface area is 173 Å². The summed E-state index contributed by atoms with van der Waals surface area (Å²) in [6, 6.07) is 21.4. The van der Waals surface area contributed by atoms with Gasteiger partial charge >= 0.3 is 0 Å². The fourth-order valence-corrected chi connectivity index (χ4v) is 3.62. The Kier molecular flexibility index (Phi) is 7.45. The first kappa shape index (κ1) is 20.6. The highest BCUT2D eigenvalue weighted by molar-refractivity contribution is 5.79. The van der Waals surface area contributed by atoms with E-state index >= 15 is 0 Å². The summed E-state index contributed by atoms with van der Waals surface area (Å²) in [7, 11) is 1.80. The lowest BCUT2D eigenvalue weighted by atomic mass is 9.88. The zero-order chi connectivity index (χ0) is 20.5. The Hall–Kier alpha value is -3.08. The number of aliphatic imine (C=N–C) groups is 1. The number of hydrogen-bond acceptors (Lipinski definition) is 3. The van der Waals surface area contributed by atoms with Crippen LogP contribution in [0.25, 0.3) is 0 Å². The van der Waals surface area contributed by atoms with Crippen LogP contribution < -0.4 is 10.6 Å². The Bertz CT molecular complexity index is 844. The summed E-state index contributed by atoms with van der Waals surface area (Å²) >= 11 is 0. The molecule has 3 rings (SSSR count). The van der Waals surface area contributed by atoms with Crippen molar-refractivity contribution in [2.75, 3.05) is 20.1 Å². The van der Waals surface area contributed by atoms with Gasteiger partial charge in [-0.15, -0.1) is 0 Å². The van der Waals surface area contributed by atoms with Crippen LogP contribution in [0.3, 0.4) is 0 Å². The molecule has 0 saturated carbocycles. The monoisotopic (exact) mass is 390 g/mol. The third-order valence-electron chi connectivity index (χ3n) is 5.20. The summed E-state index contributed by atoms with van der Waals surface area (Å²) in [5.74, 6) is 2.06. The summed E-state index contributed by atoms with van der Waals surface area (Å²) in [4.78, 5) is 4.35. The van der Waals surface area contributed by atoms with Gasteiger partial charge in [-0.1, -0.05) is 65.8 Å². The minimum Gasteiger partial charge on any atom is -0.361 e. The molecule has 0 saturated heterocycles. The first-order chi connectivity index (χ1) is 14.2. The topological polar surface area (TPSA) is 62.5 Å². The maximum atomic E-state index is 5.23. The van der Waals surface area contributed by atoms with Crippen molar-refractivity contribution in [2.24, 2.45) is 4.99 Å². The number of guanidine groups is 1. The van der Waals surface area contributed by atoms with Gasteiger partial charge in [-0.25, -0.2) is 0 Å². The summed E-state index contributed by atoms with van der Waals surface area (Å²) < 4.78 is 5.23. The van der Waals surface area contributed by atoms with E-state index in [0.717, 1.165) is 43.3 Å². The fourth-order valence-electron chi connectivity index (χ4n) is 3.62. The third-order valence-corrected chi connectivity index (χ3v) is 5.20. The highest BCUT2D eigenvalue weighted by atomic mass is 16.5. The van der Waals surface area contributed by atoms with Gasteiger partial charge in [0, 0.05) is 31.6 Å². The van der Waals surface area contributed by atoms with Gasteiger partial charge in [0.25, 0.3) is 0 Å². The lowest BCUT2D eigenvalue weighted by Crippen LogP contribution is -2.39. The SMILES string of the molecule is CN=C(NCCc1c(C)noc1C)NCCC(c1ccccc1)c1ccccc1. The van der Waals surface area contributed by atoms with Crippen LogP contribution in [-0.2, 0) is 6.42 Å². The Balaban J connectivity index is 1.54. The summed E-state index contributed by atoms with van der Waals surface area (Å²) in [5.41, 5.74) is 4.80. The molecule has 0 aliphatic rings.